The lowest BCUT2D eigenvalue weighted by atomic mass is 9.77. The molecule has 10 heteroatoms. The second kappa shape index (κ2) is 9.46. The van der Waals surface area contributed by atoms with Gasteiger partial charge in [-0.2, -0.15) is 13.2 Å². The molecule has 1 spiro atoms. The van der Waals surface area contributed by atoms with Gasteiger partial charge in [0.15, 0.2) is 0 Å². The van der Waals surface area contributed by atoms with Crippen LogP contribution in [0.15, 0.2) is 18.3 Å². The van der Waals surface area contributed by atoms with E-state index in [0.717, 1.165) is 50.3 Å². The number of nitrogens with one attached hydrogen (secondary N) is 1. The van der Waals surface area contributed by atoms with Gasteiger partial charge in [-0.3, -0.25) is 14.6 Å². The number of nitrogens with zero attached hydrogens (tertiary/aromatic N) is 2. The number of halogens is 3. The van der Waals surface area contributed by atoms with Crippen molar-refractivity contribution in [3.05, 3.63) is 29.6 Å². The van der Waals surface area contributed by atoms with E-state index >= 15 is 0 Å². The highest BCUT2D eigenvalue weighted by molar-refractivity contribution is 5.94. The highest BCUT2D eigenvalue weighted by atomic mass is 19.4. The smallest absolute Gasteiger partial charge is 0.475 e. The fourth-order valence-corrected chi connectivity index (χ4v) is 4.42. The Bertz CT molecular complexity index is 845. The van der Waals surface area contributed by atoms with Gasteiger partial charge in [0.1, 0.15) is 0 Å². The standard InChI is InChI=1S/C20H27N3O2.C2HF3O2/c1-14-2-5-16(12-21-14)19(25)22-17-6-9-20(10-7-17)11-8-18(24)23(20)13-15-3-4-15;3-2(4,5)1(6)7/h2,5,12,15,17H,3-4,6-11,13H2,1H3,(H,22,25);(H,6,7). The van der Waals surface area contributed by atoms with E-state index in [9.17, 15) is 22.8 Å². The Labute approximate surface area is 184 Å². The molecule has 7 nitrogen and oxygen atoms in total. The second-order valence-corrected chi connectivity index (χ2v) is 8.91. The number of aryl methyl sites for hydroxylation is 1. The first kappa shape index (κ1) is 24.0. The number of carbonyl (C=O) groups is 3. The number of carboxylic acids is 1. The van der Waals surface area contributed by atoms with Crippen LogP contribution in [0.2, 0.25) is 0 Å². The van der Waals surface area contributed by atoms with E-state index in [4.69, 9.17) is 9.90 Å². The normalized spacial score (nSPS) is 25.3. The molecule has 0 radical (unpaired) electrons. The van der Waals surface area contributed by atoms with E-state index in [1.165, 1.54) is 12.8 Å². The number of likely N-dealkylation sites (tertiary alicyclic amines) is 1. The Balaban J connectivity index is 0.000000360. The lowest BCUT2D eigenvalue weighted by molar-refractivity contribution is -0.192. The van der Waals surface area contributed by atoms with Crippen molar-refractivity contribution in [1.29, 1.82) is 0 Å². The van der Waals surface area contributed by atoms with Crippen LogP contribution < -0.4 is 5.32 Å². The Kier molecular flexibility index (Phi) is 7.09. The van der Waals surface area contributed by atoms with Crippen molar-refractivity contribution >= 4 is 17.8 Å². The van der Waals surface area contributed by atoms with Gasteiger partial charge in [-0.15, -0.1) is 0 Å². The van der Waals surface area contributed by atoms with Gasteiger partial charge in [-0.05, 0) is 69.9 Å². The largest absolute Gasteiger partial charge is 0.490 e. The number of pyridine rings is 1. The van der Waals surface area contributed by atoms with E-state index in [1.54, 1.807) is 6.20 Å². The molecule has 1 aliphatic heterocycles. The lowest BCUT2D eigenvalue weighted by Crippen LogP contribution is -2.51. The summed E-state index contributed by atoms with van der Waals surface area (Å²) in [5.74, 6) is -1.70. The van der Waals surface area contributed by atoms with Crippen LogP contribution in [0.3, 0.4) is 0 Å². The maximum absolute atomic E-state index is 12.4. The van der Waals surface area contributed by atoms with Crippen LogP contribution in [-0.4, -0.2) is 57.1 Å². The topological polar surface area (TPSA) is 99.6 Å². The molecule has 0 aromatic carbocycles. The summed E-state index contributed by atoms with van der Waals surface area (Å²) < 4.78 is 31.7. The minimum absolute atomic E-state index is 0.0363. The number of carboxylic acid groups (broad SMARTS) is 1. The zero-order valence-corrected chi connectivity index (χ0v) is 18.0. The Morgan fingerprint density at radius 2 is 1.81 bits per heavy atom. The third-order valence-corrected chi connectivity index (χ3v) is 6.48. The minimum Gasteiger partial charge on any atom is -0.475 e. The number of rotatable bonds is 4. The van der Waals surface area contributed by atoms with Gasteiger partial charge in [0.2, 0.25) is 5.91 Å². The monoisotopic (exact) mass is 455 g/mol. The predicted octanol–water partition coefficient (Wildman–Crippen LogP) is 3.47. The summed E-state index contributed by atoms with van der Waals surface area (Å²) in [6.07, 6.45) is 4.78. The average molecular weight is 455 g/mol. The Hall–Kier alpha value is -2.65. The van der Waals surface area contributed by atoms with E-state index in [1.807, 2.05) is 19.1 Å². The molecule has 1 aromatic rings. The molecule has 2 amide bonds. The number of carbonyl (C=O) groups excluding carboxylic acids is 2. The van der Waals surface area contributed by atoms with Gasteiger partial charge in [-0.25, -0.2) is 4.79 Å². The molecule has 2 heterocycles. The number of alkyl halides is 3. The minimum atomic E-state index is -5.08. The summed E-state index contributed by atoms with van der Waals surface area (Å²) in [7, 11) is 0. The molecule has 3 aliphatic rings. The third kappa shape index (κ3) is 5.98. The second-order valence-electron chi connectivity index (χ2n) is 8.91. The zero-order valence-electron chi connectivity index (χ0n) is 18.0. The zero-order chi connectivity index (χ0) is 23.5. The molecular formula is C22H28F3N3O4. The number of aliphatic carboxylic acids is 1. The first-order chi connectivity index (χ1) is 15.0. The molecule has 176 valence electrons. The highest BCUT2D eigenvalue weighted by Gasteiger charge is 2.48. The fourth-order valence-electron chi connectivity index (χ4n) is 4.42. The van der Waals surface area contributed by atoms with Gasteiger partial charge < -0.3 is 15.3 Å². The van der Waals surface area contributed by atoms with Crippen LogP contribution in [0.5, 0.6) is 0 Å². The van der Waals surface area contributed by atoms with Gasteiger partial charge in [0.25, 0.3) is 5.91 Å². The van der Waals surface area contributed by atoms with Gasteiger partial charge in [0.05, 0.1) is 5.56 Å². The number of amides is 2. The Morgan fingerprint density at radius 3 is 2.31 bits per heavy atom. The first-order valence-corrected chi connectivity index (χ1v) is 10.8. The van der Waals surface area contributed by atoms with Gasteiger partial charge in [0, 0.05) is 36.4 Å². The van der Waals surface area contributed by atoms with Crippen LogP contribution in [0.4, 0.5) is 13.2 Å². The van der Waals surface area contributed by atoms with E-state index in [2.05, 4.69) is 15.2 Å². The quantitative estimate of drug-likeness (QED) is 0.724. The maximum Gasteiger partial charge on any atom is 0.490 e. The average Bonchev–Trinajstić information content (AvgIpc) is 3.51. The van der Waals surface area contributed by atoms with Crippen molar-refractivity contribution in [2.75, 3.05) is 6.54 Å². The summed E-state index contributed by atoms with van der Waals surface area (Å²) in [5.41, 5.74) is 1.61. The summed E-state index contributed by atoms with van der Waals surface area (Å²) >= 11 is 0. The van der Waals surface area contributed by atoms with Crippen LogP contribution in [0.1, 0.15) is 67.4 Å². The van der Waals surface area contributed by atoms with Crippen molar-refractivity contribution in [3.63, 3.8) is 0 Å². The molecule has 1 saturated heterocycles. The Morgan fingerprint density at radius 1 is 1.19 bits per heavy atom. The van der Waals surface area contributed by atoms with Crippen molar-refractivity contribution in [2.24, 2.45) is 5.92 Å². The molecule has 0 unspecified atom stereocenters. The van der Waals surface area contributed by atoms with E-state index < -0.39 is 12.1 Å². The summed E-state index contributed by atoms with van der Waals surface area (Å²) in [6, 6.07) is 3.90. The van der Waals surface area contributed by atoms with Crippen molar-refractivity contribution in [3.8, 4) is 0 Å². The summed E-state index contributed by atoms with van der Waals surface area (Å²) in [6.45, 7) is 2.88. The third-order valence-electron chi connectivity index (χ3n) is 6.48. The molecule has 2 N–H and O–H groups in total. The number of aromatic nitrogens is 1. The van der Waals surface area contributed by atoms with Crippen LogP contribution in [-0.2, 0) is 9.59 Å². The SMILES string of the molecule is Cc1ccc(C(=O)NC2CCC3(CCC(=O)N3CC3CC3)CC2)cn1.O=C(O)C(F)(F)F. The van der Waals surface area contributed by atoms with E-state index in [-0.39, 0.29) is 17.5 Å². The number of hydrogen-bond acceptors (Lipinski definition) is 4. The van der Waals surface area contributed by atoms with E-state index in [0.29, 0.717) is 17.9 Å². The van der Waals surface area contributed by atoms with Crippen LogP contribution in [0, 0.1) is 12.8 Å². The van der Waals surface area contributed by atoms with Crippen LogP contribution in [0.25, 0.3) is 0 Å². The molecule has 32 heavy (non-hydrogen) atoms. The van der Waals surface area contributed by atoms with Crippen LogP contribution >= 0.6 is 0 Å². The predicted molar refractivity (Wildman–Crippen MR) is 109 cm³/mol. The molecule has 3 fully saturated rings. The van der Waals surface area contributed by atoms with Crippen molar-refractivity contribution in [1.82, 2.24) is 15.2 Å². The summed E-state index contributed by atoms with van der Waals surface area (Å²) in [4.78, 5) is 40.0. The van der Waals surface area contributed by atoms with Crippen molar-refractivity contribution < 1.29 is 32.7 Å². The molecule has 2 saturated carbocycles. The maximum atomic E-state index is 12.4. The van der Waals surface area contributed by atoms with Crippen molar-refractivity contribution in [2.45, 2.75) is 76.0 Å². The van der Waals surface area contributed by atoms with Gasteiger partial charge in [-0.1, -0.05) is 0 Å². The molecule has 2 aliphatic carbocycles. The summed E-state index contributed by atoms with van der Waals surface area (Å²) in [5, 5.41) is 10.3. The molecule has 0 bridgehead atoms. The lowest BCUT2D eigenvalue weighted by Gasteiger charge is -2.44. The first-order valence-electron chi connectivity index (χ1n) is 10.8. The number of hydrogen-bond donors (Lipinski definition) is 2. The molecular weight excluding hydrogens is 427 g/mol. The van der Waals surface area contributed by atoms with Gasteiger partial charge >= 0.3 is 12.1 Å². The highest BCUT2D eigenvalue weighted by Crippen LogP contribution is 2.44. The molecule has 0 atom stereocenters. The fraction of sp³-hybridized carbons (Fsp3) is 0.636. The molecule has 4 rings (SSSR count). The molecule has 1 aromatic heterocycles.